The molecule has 1 amide bonds. The van der Waals surface area contributed by atoms with Crippen molar-refractivity contribution in [2.45, 2.75) is 38.6 Å². The van der Waals surface area contributed by atoms with Gasteiger partial charge in [0, 0.05) is 12.6 Å². The van der Waals surface area contributed by atoms with Gasteiger partial charge < -0.3 is 4.90 Å². The van der Waals surface area contributed by atoms with Crippen LogP contribution in [0.4, 0.5) is 4.39 Å². The zero-order chi connectivity index (χ0) is 12.3. The van der Waals surface area contributed by atoms with E-state index >= 15 is 0 Å². The number of carbonyl (C=O) groups is 1. The summed E-state index contributed by atoms with van der Waals surface area (Å²) < 4.78 is 13.0. The van der Waals surface area contributed by atoms with E-state index in [1.807, 2.05) is 4.90 Å². The van der Waals surface area contributed by atoms with Crippen LogP contribution in [-0.4, -0.2) is 23.4 Å². The Balaban J connectivity index is 2.01. The van der Waals surface area contributed by atoms with Crippen LogP contribution in [0.2, 0.25) is 0 Å². The molecule has 1 aliphatic rings. The number of benzene rings is 1. The molecule has 0 aliphatic carbocycles. The van der Waals surface area contributed by atoms with Gasteiger partial charge in [0.25, 0.3) is 0 Å². The summed E-state index contributed by atoms with van der Waals surface area (Å²) in [6.45, 7) is 2.93. The molecule has 1 saturated heterocycles. The molecule has 0 unspecified atom stereocenters. The van der Waals surface area contributed by atoms with Gasteiger partial charge in [0.05, 0.1) is 6.42 Å². The minimum absolute atomic E-state index is 0.114. The first-order valence-electron chi connectivity index (χ1n) is 6.21. The second kappa shape index (κ2) is 5.30. The van der Waals surface area contributed by atoms with Crippen molar-refractivity contribution in [2.75, 3.05) is 6.54 Å². The number of hydrogen-bond acceptors (Lipinski definition) is 1. The number of carbonyl (C=O) groups excluding carboxylic acids is 1. The maximum absolute atomic E-state index is 13.0. The van der Waals surface area contributed by atoms with Crippen LogP contribution in [0.3, 0.4) is 0 Å². The number of likely N-dealkylation sites (tertiary alicyclic amines) is 1. The largest absolute Gasteiger partial charge is 0.340 e. The highest BCUT2D eigenvalue weighted by Gasteiger charge is 2.22. The van der Waals surface area contributed by atoms with Crippen LogP contribution in [0.25, 0.3) is 0 Å². The second-order valence-corrected chi connectivity index (χ2v) is 4.74. The van der Waals surface area contributed by atoms with E-state index in [0.717, 1.165) is 24.9 Å². The fraction of sp³-hybridized carbons (Fsp3) is 0.500. The lowest BCUT2D eigenvalue weighted by Gasteiger charge is -2.33. The molecular formula is C14H18FNO. The van der Waals surface area contributed by atoms with Crippen molar-refractivity contribution in [1.82, 2.24) is 4.90 Å². The lowest BCUT2D eigenvalue weighted by Crippen LogP contribution is -2.42. The fourth-order valence-corrected chi connectivity index (χ4v) is 2.39. The van der Waals surface area contributed by atoms with Crippen molar-refractivity contribution < 1.29 is 9.18 Å². The Morgan fingerprint density at radius 1 is 1.47 bits per heavy atom. The van der Waals surface area contributed by atoms with Crippen molar-refractivity contribution in [1.29, 1.82) is 0 Å². The molecule has 1 atom stereocenters. The molecule has 17 heavy (non-hydrogen) atoms. The predicted molar refractivity (Wildman–Crippen MR) is 65.1 cm³/mol. The maximum atomic E-state index is 13.0. The second-order valence-electron chi connectivity index (χ2n) is 4.74. The third-order valence-corrected chi connectivity index (χ3v) is 3.37. The van der Waals surface area contributed by atoms with Crippen LogP contribution in [0.1, 0.15) is 31.7 Å². The van der Waals surface area contributed by atoms with Gasteiger partial charge in [0.2, 0.25) is 5.91 Å². The van der Waals surface area contributed by atoms with E-state index in [9.17, 15) is 9.18 Å². The van der Waals surface area contributed by atoms with Crippen LogP contribution < -0.4 is 0 Å². The van der Waals surface area contributed by atoms with Crippen LogP contribution in [-0.2, 0) is 11.2 Å². The van der Waals surface area contributed by atoms with E-state index < -0.39 is 0 Å². The van der Waals surface area contributed by atoms with E-state index in [2.05, 4.69) is 6.92 Å². The number of piperidine rings is 1. The maximum Gasteiger partial charge on any atom is 0.227 e. The first-order valence-corrected chi connectivity index (χ1v) is 6.21. The Labute approximate surface area is 101 Å². The summed E-state index contributed by atoms with van der Waals surface area (Å²) in [5.41, 5.74) is 0.757. The third-order valence-electron chi connectivity index (χ3n) is 3.37. The average molecular weight is 235 g/mol. The monoisotopic (exact) mass is 235 g/mol. The molecular weight excluding hydrogens is 217 g/mol. The average Bonchev–Trinajstić information content (AvgIpc) is 2.29. The number of amides is 1. The van der Waals surface area contributed by atoms with Gasteiger partial charge in [-0.15, -0.1) is 0 Å². The molecule has 1 aromatic carbocycles. The summed E-state index contributed by atoms with van der Waals surface area (Å²) in [5, 5.41) is 0. The van der Waals surface area contributed by atoms with E-state index in [1.54, 1.807) is 12.1 Å². The molecule has 0 aromatic heterocycles. The standard InChI is InChI=1S/C14H18FNO/c1-11-5-2-3-8-16(11)14(17)10-12-6-4-7-13(15)9-12/h4,6-7,9,11H,2-3,5,8,10H2,1H3/t11-/m1/s1. The van der Waals surface area contributed by atoms with Crippen molar-refractivity contribution in [3.05, 3.63) is 35.6 Å². The number of nitrogens with zero attached hydrogens (tertiary/aromatic N) is 1. The minimum atomic E-state index is -0.276. The molecule has 0 N–H and O–H groups in total. The van der Waals surface area contributed by atoms with E-state index in [1.165, 1.54) is 18.6 Å². The molecule has 1 fully saturated rings. The Hall–Kier alpha value is -1.38. The summed E-state index contributed by atoms with van der Waals surface area (Å²) in [4.78, 5) is 14.0. The highest BCUT2D eigenvalue weighted by molar-refractivity contribution is 5.79. The molecule has 0 bridgehead atoms. The molecule has 1 aromatic rings. The third kappa shape index (κ3) is 3.05. The van der Waals surface area contributed by atoms with Gasteiger partial charge in [-0.3, -0.25) is 4.79 Å². The number of rotatable bonds is 2. The topological polar surface area (TPSA) is 20.3 Å². The summed E-state index contributed by atoms with van der Waals surface area (Å²) >= 11 is 0. The first-order chi connectivity index (χ1) is 8.16. The van der Waals surface area contributed by atoms with Crippen LogP contribution in [0, 0.1) is 5.82 Å². The van der Waals surface area contributed by atoms with E-state index in [0.29, 0.717) is 12.5 Å². The number of hydrogen-bond donors (Lipinski definition) is 0. The minimum Gasteiger partial charge on any atom is -0.340 e. The van der Waals surface area contributed by atoms with Crippen molar-refractivity contribution in [3.63, 3.8) is 0 Å². The molecule has 0 radical (unpaired) electrons. The Morgan fingerprint density at radius 2 is 2.29 bits per heavy atom. The van der Waals surface area contributed by atoms with Crippen LogP contribution >= 0.6 is 0 Å². The van der Waals surface area contributed by atoms with Gasteiger partial charge in [-0.25, -0.2) is 4.39 Å². The molecule has 1 aliphatic heterocycles. The Kier molecular flexibility index (Phi) is 3.77. The van der Waals surface area contributed by atoms with Crippen LogP contribution in [0.5, 0.6) is 0 Å². The molecule has 1 heterocycles. The number of halogens is 1. The van der Waals surface area contributed by atoms with Crippen LogP contribution in [0.15, 0.2) is 24.3 Å². The molecule has 92 valence electrons. The smallest absolute Gasteiger partial charge is 0.227 e. The van der Waals surface area contributed by atoms with Gasteiger partial charge >= 0.3 is 0 Å². The highest BCUT2D eigenvalue weighted by Crippen LogP contribution is 2.17. The van der Waals surface area contributed by atoms with Gasteiger partial charge in [-0.2, -0.15) is 0 Å². The molecule has 0 saturated carbocycles. The zero-order valence-electron chi connectivity index (χ0n) is 10.2. The quantitative estimate of drug-likeness (QED) is 0.772. The van der Waals surface area contributed by atoms with Gasteiger partial charge in [0.1, 0.15) is 5.82 Å². The van der Waals surface area contributed by atoms with Gasteiger partial charge in [0.15, 0.2) is 0 Å². The molecule has 2 rings (SSSR count). The van der Waals surface area contributed by atoms with Crippen molar-refractivity contribution in [2.24, 2.45) is 0 Å². The lowest BCUT2D eigenvalue weighted by molar-refractivity contribution is -0.133. The van der Waals surface area contributed by atoms with E-state index in [-0.39, 0.29) is 11.7 Å². The molecule has 2 nitrogen and oxygen atoms in total. The first kappa shape index (κ1) is 12.1. The van der Waals surface area contributed by atoms with Crippen molar-refractivity contribution in [3.8, 4) is 0 Å². The Bertz CT molecular complexity index is 405. The van der Waals surface area contributed by atoms with Gasteiger partial charge in [-0.1, -0.05) is 12.1 Å². The Morgan fingerprint density at radius 3 is 3.00 bits per heavy atom. The normalized spacial score (nSPS) is 20.4. The molecule has 0 spiro atoms. The lowest BCUT2D eigenvalue weighted by atomic mass is 10.0. The summed E-state index contributed by atoms with van der Waals surface area (Å²) in [6, 6.07) is 6.61. The van der Waals surface area contributed by atoms with Gasteiger partial charge in [-0.05, 0) is 43.9 Å². The van der Waals surface area contributed by atoms with E-state index in [4.69, 9.17) is 0 Å². The SMILES string of the molecule is C[C@@H]1CCCCN1C(=O)Cc1cccc(F)c1. The highest BCUT2D eigenvalue weighted by atomic mass is 19.1. The summed E-state index contributed by atoms with van der Waals surface area (Å²) in [6.07, 6.45) is 3.67. The fourth-order valence-electron chi connectivity index (χ4n) is 2.39. The summed E-state index contributed by atoms with van der Waals surface area (Å²) in [5.74, 6) is -0.162. The zero-order valence-corrected chi connectivity index (χ0v) is 10.2. The van der Waals surface area contributed by atoms with Crippen molar-refractivity contribution >= 4 is 5.91 Å². The predicted octanol–water partition coefficient (Wildman–Crippen LogP) is 2.77. The summed E-state index contributed by atoms with van der Waals surface area (Å²) in [7, 11) is 0. The molecule has 3 heteroatoms.